The lowest BCUT2D eigenvalue weighted by atomic mass is 10.00. The van der Waals surface area contributed by atoms with Gasteiger partial charge in [0.25, 0.3) is 0 Å². The van der Waals surface area contributed by atoms with Gasteiger partial charge in [0, 0.05) is 23.0 Å². The number of ether oxygens (including phenoxy) is 1. The van der Waals surface area contributed by atoms with E-state index in [0.29, 0.717) is 6.61 Å². The lowest BCUT2D eigenvalue weighted by molar-refractivity contribution is 0.269. The van der Waals surface area contributed by atoms with Gasteiger partial charge in [-0.2, -0.15) is 0 Å². The molecule has 0 aromatic heterocycles. The zero-order valence-electron chi connectivity index (χ0n) is 7.51. The van der Waals surface area contributed by atoms with Crippen molar-refractivity contribution in [3.8, 4) is 5.75 Å². The number of rotatable bonds is 0. The summed E-state index contributed by atoms with van der Waals surface area (Å²) in [5.41, 5.74) is 7.99. The van der Waals surface area contributed by atoms with Crippen LogP contribution in [0.15, 0.2) is 12.1 Å². The molecule has 0 spiro atoms. The van der Waals surface area contributed by atoms with Crippen LogP contribution in [0.4, 0.5) is 0 Å². The van der Waals surface area contributed by atoms with Crippen molar-refractivity contribution in [2.75, 3.05) is 6.61 Å². The summed E-state index contributed by atoms with van der Waals surface area (Å²) in [7, 11) is 0. The minimum atomic E-state index is 0.0712. The zero-order valence-corrected chi connectivity index (χ0v) is 8.27. The van der Waals surface area contributed by atoms with E-state index in [2.05, 4.69) is 0 Å². The Morgan fingerprint density at radius 3 is 3.08 bits per heavy atom. The third kappa shape index (κ3) is 1.52. The van der Waals surface area contributed by atoms with E-state index in [-0.39, 0.29) is 6.04 Å². The van der Waals surface area contributed by atoms with Gasteiger partial charge in [0.15, 0.2) is 0 Å². The molecule has 0 amide bonds. The molecule has 0 bridgehead atoms. The summed E-state index contributed by atoms with van der Waals surface area (Å²) in [6, 6.07) is 3.94. The summed E-state index contributed by atoms with van der Waals surface area (Å²) in [5, 5.41) is 0.764. The fraction of sp³-hybridized carbons (Fsp3) is 0.400. The van der Waals surface area contributed by atoms with Gasteiger partial charge in [-0.1, -0.05) is 11.6 Å². The number of nitrogens with two attached hydrogens (primary N) is 1. The molecule has 1 aliphatic heterocycles. The first-order valence-electron chi connectivity index (χ1n) is 4.37. The summed E-state index contributed by atoms with van der Waals surface area (Å²) < 4.78 is 5.49. The Hall–Kier alpha value is -0.730. The molecular formula is C10H12ClNO. The highest BCUT2D eigenvalue weighted by molar-refractivity contribution is 6.31. The summed E-state index contributed by atoms with van der Waals surface area (Å²) in [5.74, 6) is 0.889. The number of halogens is 1. The molecule has 1 aromatic carbocycles. The molecule has 0 radical (unpaired) electrons. The largest absolute Gasteiger partial charge is 0.493 e. The smallest absolute Gasteiger partial charge is 0.124 e. The monoisotopic (exact) mass is 197 g/mol. The van der Waals surface area contributed by atoms with Crippen LogP contribution in [0.2, 0.25) is 5.02 Å². The zero-order chi connectivity index (χ0) is 9.42. The second kappa shape index (κ2) is 3.20. The third-order valence-corrected chi connectivity index (χ3v) is 2.78. The molecule has 0 saturated carbocycles. The van der Waals surface area contributed by atoms with Gasteiger partial charge in [-0.05, 0) is 24.6 Å². The number of hydrogen-bond donors (Lipinski definition) is 1. The highest BCUT2D eigenvalue weighted by Crippen LogP contribution is 2.34. The molecule has 3 heteroatoms. The van der Waals surface area contributed by atoms with Crippen molar-refractivity contribution in [2.45, 2.75) is 19.4 Å². The maximum absolute atomic E-state index is 6.00. The van der Waals surface area contributed by atoms with Crippen molar-refractivity contribution in [1.82, 2.24) is 0 Å². The predicted molar refractivity (Wildman–Crippen MR) is 53.2 cm³/mol. The maximum atomic E-state index is 6.00. The van der Waals surface area contributed by atoms with Crippen molar-refractivity contribution < 1.29 is 4.74 Å². The van der Waals surface area contributed by atoms with Crippen LogP contribution in [-0.2, 0) is 0 Å². The van der Waals surface area contributed by atoms with Crippen molar-refractivity contribution in [3.05, 3.63) is 28.3 Å². The highest BCUT2D eigenvalue weighted by atomic mass is 35.5. The van der Waals surface area contributed by atoms with E-state index in [4.69, 9.17) is 22.1 Å². The molecule has 1 atom stereocenters. The van der Waals surface area contributed by atoms with E-state index in [9.17, 15) is 0 Å². The van der Waals surface area contributed by atoms with E-state index < -0.39 is 0 Å². The first-order chi connectivity index (χ1) is 6.18. The van der Waals surface area contributed by atoms with Crippen LogP contribution < -0.4 is 10.5 Å². The van der Waals surface area contributed by atoms with Gasteiger partial charge in [0.05, 0.1) is 6.61 Å². The first-order valence-corrected chi connectivity index (χ1v) is 4.74. The van der Waals surface area contributed by atoms with Crippen LogP contribution in [0.1, 0.15) is 23.6 Å². The van der Waals surface area contributed by atoms with Crippen LogP contribution in [0.5, 0.6) is 5.75 Å². The van der Waals surface area contributed by atoms with Crippen LogP contribution in [0.3, 0.4) is 0 Å². The fourth-order valence-electron chi connectivity index (χ4n) is 1.54. The quantitative estimate of drug-likeness (QED) is 0.694. The Balaban J connectivity index is 2.52. The third-order valence-electron chi connectivity index (χ3n) is 2.38. The van der Waals surface area contributed by atoms with E-state index in [0.717, 1.165) is 28.3 Å². The molecule has 70 valence electrons. The fourth-order valence-corrected chi connectivity index (χ4v) is 1.71. The van der Waals surface area contributed by atoms with Gasteiger partial charge in [-0.3, -0.25) is 0 Å². The molecule has 1 aromatic rings. The molecule has 13 heavy (non-hydrogen) atoms. The predicted octanol–water partition coefficient (Wildman–Crippen LogP) is 2.43. The first kappa shape index (κ1) is 8.85. The van der Waals surface area contributed by atoms with Crippen molar-refractivity contribution >= 4 is 11.6 Å². The van der Waals surface area contributed by atoms with E-state index in [1.54, 1.807) is 0 Å². The van der Waals surface area contributed by atoms with Crippen LogP contribution in [0, 0.1) is 6.92 Å². The van der Waals surface area contributed by atoms with Crippen molar-refractivity contribution in [1.29, 1.82) is 0 Å². The maximum Gasteiger partial charge on any atom is 0.124 e. The molecule has 0 unspecified atom stereocenters. The second-order valence-electron chi connectivity index (χ2n) is 3.38. The Morgan fingerprint density at radius 1 is 1.54 bits per heavy atom. The molecule has 0 aliphatic carbocycles. The Labute approximate surface area is 82.6 Å². The molecule has 2 nitrogen and oxygen atoms in total. The molecule has 2 N–H and O–H groups in total. The summed E-state index contributed by atoms with van der Waals surface area (Å²) >= 11 is 6.00. The van der Waals surface area contributed by atoms with Gasteiger partial charge in [0.2, 0.25) is 0 Å². The molecule has 2 rings (SSSR count). The standard InChI is InChI=1S/C10H12ClNO/c1-6-4-10-7(5-8(6)11)9(12)2-3-13-10/h4-5,9H,2-3,12H2,1H3/t9-/m1/s1. The van der Waals surface area contributed by atoms with Gasteiger partial charge in [-0.25, -0.2) is 0 Å². The molecule has 0 saturated heterocycles. The van der Waals surface area contributed by atoms with Gasteiger partial charge < -0.3 is 10.5 Å². The second-order valence-corrected chi connectivity index (χ2v) is 3.79. The Kier molecular flexibility index (Phi) is 2.18. The van der Waals surface area contributed by atoms with Crippen LogP contribution in [-0.4, -0.2) is 6.61 Å². The lowest BCUT2D eigenvalue weighted by Crippen LogP contribution is -2.20. The number of aryl methyl sites for hydroxylation is 1. The lowest BCUT2D eigenvalue weighted by Gasteiger charge is -2.23. The SMILES string of the molecule is Cc1cc2c(cc1Cl)[C@H](N)CCO2. The molecule has 0 fully saturated rings. The van der Waals surface area contributed by atoms with Crippen LogP contribution >= 0.6 is 11.6 Å². The number of benzene rings is 1. The minimum Gasteiger partial charge on any atom is -0.493 e. The minimum absolute atomic E-state index is 0.0712. The van der Waals surface area contributed by atoms with Crippen molar-refractivity contribution in [3.63, 3.8) is 0 Å². The Morgan fingerprint density at radius 2 is 2.31 bits per heavy atom. The van der Waals surface area contributed by atoms with E-state index in [1.165, 1.54) is 0 Å². The van der Waals surface area contributed by atoms with Gasteiger partial charge in [0.1, 0.15) is 5.75 Å². The molecular weight excluding hydrogens is 186 g/mol. The summed E-state index contributed by atoms with van der Waals surface area (Å²) in [4.78, 5) is 0. The van der Waals surface area contributed by atoms with E-state index in [1.807, 2.05) is 19.1 Å². The van der Waals surface area contributed by atoms with E-state index >= 15 is 0 Å². The van der Waals surface area contributed by atoms with Gasteiger partial charge >= 0.3 is 0 Å². The highest BCUT2D eigenvalue weighted by Gasteiger charge is 2.18. The average Bonchev–Trinajstić information content (AvgIpc) is 2.09. The van der Waals surface area contributed by atoms with Gasteiger partial charge in [-0.15, -0.1) is 0 Å². The number of fused-ring (bicyclic) bond motifs is 1. The normalized spacial score (nSPS) is 20.7. The summed E-state index contributed by atoms with van der Waals surface area (Å²) in [6.07, 6.45) is 0.867. The average molecular weight is 198 g/mol. The van der Waals surface area contributed by atoms with Crippen molar-refractivity contribution in [2.24, 2.45) is 5.73 Å². The van der Waals surface area contributed by atoms with Crippen LogP contribution in [0.25, 0.3) is 0 Å². The molecule has 1 aliphatic rings. The summed E-state index contributed by atoms with van der Waals surface area (Å²) in [6.45, 7) is 2.67. The molecule has 1 heterocycles. The topological polar surface area (TPSA) is 35.2 Å². The Bertz CT molecular complexity index is 338. The number of hydrogen-bond acceptors (Lipinski definition) is 2.